The standard InChI is InChI=1S/C14H14N4O3/c1-2-15-13-8-4-7-12(17-13)14(19)16-10-5-3-6-11(9-10)18(20)21/h3-9H,2H2,1H3,(H,15,17)(H,16,19). The number of pyridine rings is 1. The van der Waals surface area contributed by atoms with E-state index >= 15 is 0 Å². The Kier molecular flexibility index (Phi) is 4.45. The number of benzene rings is 1. The number of carbonyl (C=O) groups is 1. The molecule has 1 amide bonds. The molecule has 0 bridgehead atoms. The number of nitrogens with one attached hydrogen (secondary N) is 2. The first-order chi connectivity index (χ1) is 10.1. The van der Waals surface area contributed by atoms with E-state index in [9.17, 15) is 14.9 Å². The molecule has 0 aliphatic carbocycles. The van der Waals surface area contributed by atoms with E-state index in [-0.39, 0.29) is 11.4 Å². The fourth-order valence-corrected chi connectivity index (χ4v) is 1.73. The molecule has 2 N–H and O–H groups in total. The lowest BCUT2D eigenvalue weighted by Gasteiger charge is -2.06. The van der Waals surface area contributed by atoms with Crippen molar-refractivity contribution in [1.29, 1.82) is 0 Å². The van der Waals surface area contributed by atoms with Crippen molar-refractivity contribution >= 4 is 23.1 Å². The lowest BCUT2D eigenvalue weighted by atomic mass is 10.2. The van der Waals surface area contributed by atoms with Crippen LogP contribution in [0.3, 0.4) is 0 Å². The highest BCUT2D eigenvalue weighted by Gasteiger charge is 2.11. The molecular weight excluding hydrogens is 272 g/mol. The van der Waals surface area contributed by atoms with Crippen molar-refractivity contribution in [2.75, 3.05) is 17.2 Å². The van der Waals surface area contributed by atoms with Gasteiger partial charge < -0.3 is 10.6 Å². The van der Waals surface area contributed by atoms with Crippen LogP contribution in [0.2, 0.25) is 0 Å². The number of hydrogen-bond acceptors (Lipinski definition) is 5. The molecule has 1 aromatic carbocycles. The summed E-state index contributed by atoms with van der Waals surface area (Å²) in [5.41, 5.74) is 0.506. The molecule has 2 rings (SSSR count). The lowest BCUT2D eigenvalue weighted by molar-refractivity contribution is -0.384. The van der Waals surface area contributed by atoms with Crippen LogP contribution in [-0.2, 0) is 0 Å². The summed E-state index contributed by atoms with van der Waals surface area (Å²) in [4.78, 5) is 26.4. The number of nitro benzene ring substituents is 1. The molecular formula is C14H14N4O3. The Balaban J connectivity index is 2.16. The van der Waals surface area contributed by atoms with Gasteiger partial charge in [0.15, 0.2) is 0 Å². The number of hydrogen-bond donors (Lipinski definition) is 2. The average Bonchev–Trinajstić information content (AvgIpc) is 2.48. The van der Waals surface area contributed by atoms with Gasteiger partial charge in [-0.2, -0.15) is 0 Å². The fourth-order valence-electron chi connectivity index (χ4n) is 1.73. The zero-order chi connectivity index (χ0) is 15.2. The van der Waals surface area contributed by atoms with Crippen molar-refractivity contribution in [2.45, 2.75) is 6.92 Å². The van der Waals surface area contributed by atoms with E-state index in [1.165, 1.54) is 18.2 Å². The van der Waals surface area contributed by atoms with E-state index in [0.29, 0.717) is 18.1 Å². The van der Waals surface area contributed by atoms with Gasteiger partial charge in [0.05, 0.1) is 4.92 Å². The molecule has 0 aliphatic heterocycles. The van der Waals surface area contributed by atoms with Crippen LogP contribution in [0.25, 0.3) is 0 Å². The van der Waals surface area contributed by atoms with Gasteiger partial charge in [0.25, 0.3) is 11.6 Å². The third-order valence-corrected chi connectivity index (χ3v) is 2.65. The summed E-state index contributed by atoms with van der Waals surface area (Å²) in [5, 5.41) is 16.3. The van der Waals surface area contributed by atoms with Crippen LogP contribution >= 0.6 is 0 Å². The Labute approximate surface area is 121 Å². The highest BCUT2D eigenvalue weighted by molar-refractivity contribution is 6.03. The highest BCUT2D eigenvalue weighted by atomic mass is 16.6. The van der Waals surface area contributed by atoms with E-state index in [0.717, 1.165) is 0 Å². The van der Waals surface area contributed by atoms with E-state index in [2.05, 4.69) is 15.6 Å². The molecule has 2 aromatic rings. The van der Waals surface area contributed by atoms with E-state index in [4.69, 9.17) is 0 Å². The van der Waals surface area contributed by atoms with Crippen LogP contribution in [0.1, 0.15) is 17.4 Å². The van der Waals surface area contributed by atoms with Gasteiger partial charge in [-0.15, -0.1) is 0 Å². The quantitative estimate of drug-likeness (QED) is 0.650. The molecule has 7 heteroatoms. The Morgan fingerprint density at radius 1 is 1.29 bits per heavy atom. The largest absolute Gasteiger partial charge is 0.370 e. The highest BCUT2D eigenvalue weighted by Crippen LogP contribution is 2.17. The second kappa shape index (κ2) is 6.47. The van der Waals surface area contributed by atoms with Gasteiger partial charge in [-0.05, 0) is 25.1 Å². The van der Waals surface area contributed by atoms with Crippen molar-refractivity contribution in [1.82, 2.24) is 4.98 Å². The maximum atomic E-state index is 12.1. The summed E-state index contributed by atoms with van der Waals surface area (Å²) in [6, 6.07) is 10.8. The van der Waals surface area contributed by atoms with Gasteiger partial charge in [0, 0.05) is 24.4 Å². The predicted molar refractivity (Wildman–Crippen MR) is 79.5 cm³/mol. The zero-order valence-electron chi connectivity index (χ0n) is 11.4. The molecule has 1 heterocycles. The second-order valence-electron chi connectivity index (χ2n) is 4.20. The number of aromatic nitrogens is 1. The number of amides is 1. The van der Waals surface area contributed by atoms with Crippen LogP contribution in [-0.4, -0.2) is 22.4 Å². The van der Waals surface area contributed by atoms with Crippen molar-refractivity contribution in [2.24, 2.45) is 0 Å². The first kappa shape index (κ1) is 14.4. The minimum atomic E-state index is -0.514. The molecule has 0 fully saturated rings. The topological polar surface area (TPSA) is 97.2 Å². The predicted octanol–water partition coefficient (Wildman–Crippen LogP) is 2.67. The number of anilines is 2. The first-order valence-electron chi connectivity index (χ1n) is 6.37. The first-order valence-corrected chi connectivity index (χ1v) is 6.37. The lowest BCUT2D eigenvalue weighted by Crippen LogP contribution is -2.14. The molecule has 108 valence electrons. The SMILES string of the molecule is CCNc1cccc(C(=O)Nc2cccc([N+](=O)[O-])c2)n1. The molecule has 0 saturated carbocycles. The molecule has 21 heavy (non-hydrogen) atoms. The van der Waals surface area contributed by atoms with Crippen LogP contribution in [0.5, 0.6) is 0 Å². The van der Waals surface area contributed by atoms with E-state index in [1.807, 2.05) is 6.92 Å². The molecule has 7 nitrogen and oxygen atoms in total. The van der Waals surface area contributed by atoms with E-state index in [1.54, 1.807) is 24.3 Å². The molecule has 0 spiro atoms. The molecule has 0 unspecified atom stereocenters. The van der Waals surface area contributed by atoms with Gasteiger partial charge in [0.1, 0.15) is 11.5 Å². The Bertz CT molecular complexity index is 673. The van der Waals surface area contributed by atoms with E-state index < -0.39 is 10.8 Å². The number of rotatable bonds is 5. The van der Waals surface area contributed by atoms with Crippen LogP contribution in [0.15, 0.2) is 42.5 Å². The Hall–Kier alpha value is -2.96. The van der Waals surface area contributed by atoms with Crippen LogP contribution < -0.4 is 10.6 Å². The van der Waals surface area contributed by atoms with Crippen LogP contribution in [0, 0.1) is 10.1 Å². The second-order valence-corrected chi connectivity index (χ2v) is 4.20. The molecule has 1 aromatic heterocycles. The number of nitrogens with zero attached hydrogens (tertiary/aromatic N) is 2. The van der Waals surface area contributed by atoms with Gasteiger partial charge in [-0.3, -0.25) is 14.9 Å². The smallest absolute Gasteiger partial charge is 0.274 e. The molecule has 0 atom stereocenters. The normalized spacial score (nSPS) is 9.95. The Morgan fingerprint density at radius 3 is 2.76 bits per heavy atom. The van der Waals surface area contributed by atoms with Gasteiger partial charge in [-0.25, -0.2) is 4.98 Å². The average molecular weight is 286 g/mol. The van der Waals surface area contributed by atoms with Crippen molar-refractivity contribution in [3.05, 3.63) is 58.3 Å². The number of carbonyl (C=O) groups excluding carboxylic acids is 1. The summed E-state index contributed by atoms with van der Waals surface area (Å²) in [5.74, 6) is 0.180. The monoisotopic (exact) mass is 286 g/mol. The maximum absolute atomic E-state index is 12.1. The van der Waals surface area contributed by atoms with Crippen LogP contribution in [0.4, 0.5) is 17.2 Å². The maximum Gasteiger partial charge on any atom is 0.274 e. The zero-order valence-corrected chi connectivity index (χ0v) is 11.4. The third kappa shape index (κ3) is 3.75. The fraction of sp³-hybridized carbons (Fsp3) is 0.143. The van der Waals surface area contributed by atoms with Crippen molar-refractivity contribution in [3.8, 4) is 0 Å². The molecule has 0 saturated heterocycles. The number of nitro groups is 1. The summed E-state index contributed by atoms with van der Waals surface area (Å²) in [6.07, 6.45) is 0. The van der Waals surface area contributed by atoms with Gasteiger partial charge in [0.2, 0.25) is 0 Å². The van der Waals surface area contributed by atoms with Gasteiger partial charge >= 0.3 is 0 Å². The Morgan fingerprint density at radius 2 is 2.05 bits per heavy atom. The minimum absolute atomic E-state index is 0.0813. The number of non-ortho nitro benzene ring substituents is 1. The van der Waals surface area contributed by atoms with Gasteiger partial charge in [-0.1, -0.05) is 12.1 Å². The molecule has 0 aliphatic rings. The summed E-state index contributed by atoms with van der Waals surface area (Å²) < 4.78 is 0. The van der Waals surface area contributed by atoms with Crippen molar-refractivity contribution < 1.29 is 9.72 Å². The summed E-state index contributed by atoms with van der Waals surface area (Å²) in [7, 11) is 0. The van der Waals surface area contributed by atoms with Crippen molar-refractivity contribution in [3.63, 3.8) is 0 Å². The minimum Gasteiger partial charge on any atom is -0.370 e. The third-order valence-electron chi connectivity index (χ3n) is 2.65. The molecule has 0 radical (unpaired) electrons. The summed E-state index contributed by atoms with van der Waals surface area (Å²) >= 11 is 0. The summed E-state index contributed by atoms with van der Waals surface area (Å²) in [6.45, 7) is 2.63.